The van der Waals surface area contributed by atoms with Crippen molar-refractivity contribution in [1.29, 1.82) is 0 Å². The lowest BCUT2D eigenvalue weighted by Crippen LogP contribution is -2.24. The van der Waals surface area contributed by atoms with Crippen molar-refractivity contribution in [2.45, 2.75) is 26.8 Å². The summed E-state index contributed by atoms with van der Waals surface area (Å²) in [6.07, 6.45) is 0. The molecule has 0 fully saturated rings. The predicted molar refractivity (Wildman–Crippen MR) is 77.8 cm³/mol. The molecule has 0 heterocycles. The number of rotatable bonds is 4. The van der Waals surface area contributed by atoms with E-state index in [0.29, 0.717) is 12.1 Å². The molecule has 0 aliphatic carbocycles. The first-order valence-corrected chi connectivity index (χ1v) is 6.89. The average Bonchev–Trinajstić information content (AvgIpc) is 2.43. The van der Waals surface area contributed by atoms with Crippen LogP contribution in [0, 0.1) is 31.3 Å². The second-order valence-electron chi connectivity index (χ2n) is 5.14. The number of halogens is 3. The zero-order valence-electron chi connectivity index (χ0n) is 12.3. The van der Waals surface area contributed by atoms with Crippen LogP contribution in [0.3, 0.4) is 0 Å². The molecule has 1 atom stereocenters. The Bertz CT molecular complexity index is 653. The van der Waals surface area contributed by atoms with E-state index in [9.17, 15) is 13.2 Å². The third-order valence-corrected chi connectivity index (χ3v) is 3.46. The van der Waals surface area contributed by atoms with Crippen LogP contribution in [0.4, 0.5) is 13.2 Å². The summed E-state index contributed by atoms with van der Waals surface area (Å²) in [6.45, 7) is 5.67. The van der Waals surface area contributed by atoms with Gasteiger partial charge in [0, 0.05) is 11.1 Å². The molecule has 0 radical (unpaired) electrons. The van der Waals surface area contributed by atoms with Crippen LogP contribution in [-0.4, -0.2) is 6.54 Å². The van der Waals surface area contributed by atoms with Gasteiger partial charge in [0.15, 0.2) is 0 Å². The van der Waals surface area contributed by atoms with E-state index in [1.807, 2.05) is 13.8 Å². The lowest BCUT2D eigenvalue weighted by molar-refractivity contribution is 0.520. The van der Waals surface area contributed by atoms with Crippen LogP contribution >= 0.6 is 0 Å². The zero-order chi connectivity index (χ0) is 15.6. The highest BCUT2D eigenvalue weighted by atomic mass is 19.1. The van der Waals surface area contributed by atoms with Gasteiger partial charge in [0.05, 0.1) is 6.04 Å². The minimum Gasteiger partial charge on any atom is -0.306 e. The fourth-order valence-corrected chi connectivity index (χ4v) is 2.36. The topological polar surface area (TPSA) is 12.0 Å². The van der Waals surface area contributed by atoms with Crippen molar-refractivity contribution in [3.63, 3.8) is 0 Å². The van der Waals surface area contributed by atoms with Crippen LogP contribution < -0.4 is 5.32 Å². The molecule has 0 amide bonds. The Kier molecular flexibility index (Phi) is 4.68. The highest BCUT2D eigenvalue weighted by molar-refractivity contribution is 5.37. The minimum atomic E-state index is -0.718. The fourth-order valence-electron chi connectivity index (χ4n) is 2.36. The second kappa shape index (κ2) is 6.31. The summed E-state index contributed by atoms with van der Waals surface area (Å²) in [5, 5.41) is 3.02. The maximum atomic E-state index is 14.2. The Morgan fingerprint density at radius 1 is 0.905 bits per heavy atom. The number of benzene rings is 2. The first-order chi connectivity index (χ1) is 9.93. The van der Waals surface area contributed by atoms with Gasteiger partial charge in [-0.1, -0.05) is 24.6 Å². The van der Waals surface area contributed by atoms with Gasteiger partial charge in [0.25, 0.3) is 0 Å². The Morgan fingerprint density at radius 2 is 1.57 bits per heavy atom. The van der Waals surface area contributed by atoms with Gasteiger partial charge < -0.3 is 5.32 Å². The molecule has 0 aliphatic rings. The summed E-state index contributed by atoms with van der Waals surface area (Å²) in [6, 6.07) is 6.21. The molecule has 0 saturated carbocycles. The van der Waals surface area contributed by atoms with Crippen LogP contribution in [0.2, 0.25) is 0 Å². The molecule has 0 bridgehead atoms. The lowest BCUT2D eigenvalue weighted by atomic mass is 9.95. The summed E-state index contributed by atoms with van der Waals surface area (Å²) >= 11 is 0. The maximum absolute atomic E-state index is 14.2. The molecule has 4 heteroatoms. The second-order valence-corrected chi connectivity index (χ2v) is 5.14. The van der Waals surface area contributed by atoms with Crippen LogP contribution in [0.1, 0.15) is 35.2 Å². The van der Waals surface area contributed by atoms with E-state index in [-0.39, 0.29) is 11.1 Å². The van der Waals surface area contributed by atoms with Gasteiger partial charge in [-0.15, -0.1) is 0 Å². The number of hydrogen-bond donors (Lipinski definition) is 1. The molecule has 1 N–H and O–H groups in total. The molecule has 2 aromatic carbocycles. The Balaban J connectivity index is 2.58. The van der Waals surface area contributed by atoms with Gasteiger partial charge in [0.1, 0.15) is 17.5 Å². The molecule has 112 valence electrons. The van der Waals surface area contributed by atoms with Crippen molar-refractivity contribution in [3.05, 3.63) is 70.0 Å². The molecule has 0 spiro atoms. The number of hydrogen-bond acceptors (Lipinski definition) is 1. The van der Waals surface area contributed by atoms with E-state index in [1.54, 1.807) is 12.1 Å². The first-order valence-electron chi connectivity index (χ1n) is 6.89. The minimum absolute atomic E-state index is 0.115. The monoisotopic (exact) mass is 293 g/mol. The maximum Gasteiger partial charge on any atom is 0.128 e. The highest BCUT2D eigenvalue weighted by Crippen LogP contribution is 2.28. The SMILES string of the molecule is CCNC(c1cc(C)ccc1F)c1cc(F)c(C)cc1F. The van der Waals surface area contributed by atoms with E-state index >= 15 is 0 Å². The molecule has 0 saturated heterocycles. The third kappa shape index (κ3) is 3.27. The molecule has 0 aromatic heterocycles. The third-order valence-electron chi connectivity index (χ3n) is 3.46. The van der Waals surface area contributed by atoms with Gasteiger partial charge in [-0.2, -0.15) is 0 Å². The van der Waals surface area contributed by atoms with Gasteiger partial charge >= 0.3 is 0 Å². The van der Waals surface area contributed by atoms with Crippen molar-refractivity contribution >= 4 is 0 Å². The van der Waals surface area contributed by atoms with Gasteiger partial charge in [-0.25, -0.2) is 13.2 Å². The fraction of sp³-hybridized carbons (Fsp3) is 0.294. The van der Waals surface area contributed by atoms with E-state index in [0.717, 1.165) is 17.7 Å². The lowest BCUT2D eigenvalue weighted by Gasteiger charge is -2.21. The van der Waals surface area contributed by atoms with E-state index < -0.39 is 23.5 Å². The van der Waals surface area contributed by atoms with Crippen LogP contribution in [0.5, 0.6) is 0 Å². The highest BCUT2D eigenvalue weighted by Gasteiger charge is 2.22. The normalized spacial score (nSPS) is 12.5. The predicted octanol–water partition coefficient (Wildman–Crippen LogP) is 4.42. The summed E-state index contributed by atoms with van der Waals surface area (Å²) in [4.78, 5) is 0. The van der Waals surface area contributed by atoms with E-state index in [4.69, 9.17) is 0 Å². The summed E-state index contributed by atoms with van der Waals surface area (Å²) in [5.41, 5.74) is 1.53. The average molecular weight is 293 g/mol. The van der Waals surface area contributed by atoms with Crippen LogP contribution in [0.15, 0.2) is 30.3 Å². The van der Waals surface area contributed by atoms with E-state index in [2.05, 4.69) is 5.32 Å². The number of nitrogens with one attached hydrogen (secondary N) is 1. The van der Waals surface area contributed by atoms with E-state index in [1.165, 1.54) is 13.0 Å². The molecule has 2 aromatic rings. The Labute approximate surface area is 122 Å². The quantitative estimate of drug-likeness (QED) is 0.880. The smallest absolute Gasteiger partial charge is 0.128 e. The standard InChI is InChI=1S/C17H18F3N/c1-4-21-17(12-7-10(2)5-6-14(12)18)13-9-15(19)11(3)8-16(13)20/h5-9,17,21H,4H2,1-3H3. The van der Waals surface area contributed by atoms with Crippen molar-refractivity contribution in [2.24, 2.45) is 0 Å². The van der Waals surface area contributed by atoms with Gasteiger partial charge in [-0.3, -0.25) is 0 Å². The molecule has 0 aliphatic heterocycles. The van der Waals surface area contributed by atoms with Crippen molar-refractivity contribution in [2.75, 3.05) is 6.54 Å². The Hall–Kier alpha value is -1.81. The van der Waals surface area contributed by atoms with Crippen molar-refractivity contribution < 1.29 is 13.2 Å². The molecule has 21 heavy (non-hydrogen) atoms. The largest absolute Gasteiger partial charge is 0.306 e. The molecule has 2 rings (SSSR count). The molecular weight excluding hydrogens is 275 g/mol. The first kappa shape index (κ1) is 15.6. The zero-order valence-corrected chi connectivity index (χ0v) is 12.3. The molecule has 1 unspecified atom stereocenters. The summed E-state index contributed by atoms with van der Waals surface area (Å²) in [7, 11) is 0. The van der Waals surface area contributed by atoms with Crippen molar-refractivity contribution in [1.82, 2.24) is 5.32 Å². The molecular formula is C17H18F3N. The summed E-state index contributed by atoms with van der Waals surface area (Å²) in [5.74, 6) is -1.48. The van der Waals surface area contributed by atoms with Gasteiger partial charge in [-0.05, 0) is 44.2 Å². The van der Waals surface area contributed by atoms with Crippen molar-refractivity contribution in [3.8, 4) is 0 Å². The van der Waals surface area contributed by atoms with Crippen LogP contribution in [0.25, 0.3) is 0 Å². The molecule has 1 nitrogen and oxygen atoms in total. The Morgan fingerprint density at radius 3 is 2.24 bits per heavy atom. The summed E-state index contributed by atoms with van der Waals surface area (Å²) < 4.78 is 42.0. The number of aryl methyl sites for hydroxylation is 2. The van der Waals surface area contributed by atoms with Gasteiger partial charge in [0.2, 0.25) is 0 Å². The van der Waals surface area contributed by atoms with Crippen LogP contribution in [-0.2, 0) is 0 Å².